The topological polar surface area (TPSA) is 95.1 Å². The van der Waals surface area contributed by atoms with Gasteiger partial charge in [-0.1, -0.05) is 23.4 Å². The van der Waals surface area contributed by atoms with E-state index in [1.165, 1.54) is 0 Å². The first-order valence-corrected chi connectivity index (χ1v) is 6.20. The second-order valence-electron chi connectivity index (χ2n) is 4.20. The molecule has 2 aromatic rings. The lowest BCUT2D eigenvalue weighted by Crippen LogP contribution is -2.29. The van der Waals surface area contributed by atoms with E-state index in [0.717, 1.165) is 11.3 Å². The van der Waals surface area contributed by atoms with Crippen LogP contribution >= 0.6 is 0 Å². The Morgan fingerprint density at radius 2 is 2.25 bits per heavy atom. The molecule has 1 aromatic carbocycles. The summed E-state index contributed by atoms with van der Waals surface area (Å²) in [6.07, 6.45) is 1.78. The van der Waals surface area contributed by atoms with Crippen molar-refractivity contribution in [2.24, 2.45) is 5.73 Å². The zero-order valence-electron chi connectivity index (χ0n) is 11.2. The van der Waals surface area contributed by atoms with Gasteiger partial charge in [0.1, 0.15) is 11.4 Å². The Labute approximate surface area is 116 Å². The first-order chi connectivity index (χ1) is 9.72. The van der Waals surface area contributed by atoms with Crippen LogP contribution in [0.2, 0.25) is 0 Å². The molecule has 0 bridgehead atoms. The number of carbonyl (C=O) groups is 1. The van der Waals surface area contributed by atoms with Crippen molar-refractivity contribution in [3.63, 3.8) is 0 Å². The first kappa shape index (κ1) is 14.0. The number of hydrogen-bond acceptors (Lipinski definition) is 5. The molecule has 1 amide bonds. The number of nitrogens with two attached hydrogens (primary N) is 1. The van der Waals surface area contributed by atoms with Crippen LogP contribution in [0.4, 0.5) is 0 Å². The molecule has 0 aliphatic rings. The van der Waals surface area contributed by atoms with Gasteiger partial charge in [0.05, 0.1) is 32.9 Å². The third-order valence-electron chi connectivity index (χ3n) is 2.76. The minimum Gasteiger partial charge on any atom is -0.496 e. The number of carbonyl (C=O) groups excluding carboxylic acids is 1. The third kappa shape index (κ3) is 3.55. The smallest absolute Gasteiger partial charge is 0.234 e. The summed E-state index contributed by atoms with van der Waals surface area (Å²) in [6, 6.07) is 7.72. The monoisotopic (exact) mass is 275 g/mol. The minimum absolute atomic E-state index is 0.0324. The average molecular weight is 275 g/mol. The maximum absolute atomic E-state index is 11.1. The van der Waals surface area contributed by atoms with Gasteiger partial charge in [0.15, 0.2) is 0 Å². The van der Waals surface area contributed by atoms with Gasteiger partial charge in [0.2, 0.25) is 5.91 Å². The van der Waals surface area contributed by atoms with Crippen LogP contribution in [0.3, 0.4) is 0 Å². The van der Waals surface area contributed by atoms with Crippen LogP contribution in [-0.4, -0.2) is 34.6 Å². The SMILES string of the molecule is COc1ccccc1Cn1cc(CNC(=O)CN)nn1. The first-order valence-electron chi connectivity index (χ1n) is 6.20. The highest BCUT2D eigenvalue weighted by atomic mass is 16.5. The van der Waals surface area contributed by atoms with Gasteiger partial charge in [-0.2, -0.15) is 0 Å². The van der Waals surface area contributed by atoms with Crippen LogP contribution in [-0.2, 0) is 17.9 Å². The highest BCUT2D eigenvalue weighted by molar-refractivity contribution is 5.77. The molecule has 20 heavy (non-hydrogen) atoms. The van der Waals surface area contributed by atoms with Crippen molar-refractivity contribution in [2.75, 3.05) is 13.7 Å². The highest BCUT2D eigenvalue weighted by Crippen LogP contribution is 2.17. The predicted octanol–water partition coefficient (Wildman–Crippen LogP) is -0.0901. The molecule has 0 saturated heterocycles. The molecule has 0 aliphatic heterocycles. The molecule has 0 aliphatic carbocycles. The number of nitrogens with one attached hydrogen (secondary N) is 1. The van der Waals surface area contributed by atoms with Crippen molar-refractivity contribution < 1.29 is 9.53 Å². The molecule has 0 atom stereocenters. The number of aromatic nitrogens is 3. The summed E-state index contributed by atoms with van der Waals surface area (Å²) in [6.45, 7) is 0.846. The number of ether oxygens (including phenoxy) is 1. The number of rotatable bonds is 6. The highest BCUT2D eigenvalue weighted by Gasteiger charge is 2.06. The van der Waals surface area contributed by atoms with E-state index in [9.17, 15) is 4.79 Å². The van der Waals surface area contributed by atoms with Crippen LogP contribution < -0.4 is 15.8 Å². The summed E-state index contributed by atoms with van der Waals surface area (Å²) in [7, 11) is 1.63. The zero-order chi connectivity index (χ0) is 14.4. The molecule has 106 valence electrons. The number of hydrogen-bond donors (Lipinski definition) is 2. The lowest BCUT2D eigenvalue weighted by Gasteiger charge is -2.07. The van der Waals surface area contributed by atoms with Crippen LogP contribution in [0.25, 0.3) is 0 Å². The van der Waals surface area contributed by atoms with Gasteiger partial charge in [0.25, 0.3) is 0 Å². The average Bonchev–Trinajstić information content (AvgIpc) is 2.93. The van der Waals surface area contributed by atoms with Crippen LogP contribution in [0.5, 0.6) is 5.75 Å². The Morgan fingerprint density at radius 1 is 1.45 bits per heavy atom. The normalized spacial score (nSPS) is 10.3. The fraction of sp³-hybridized carbons (Fsp3) is 0.308. The summed E-state index contributed by atoms with van der Waals surface area (Å²) in [5.74, 6) is 0.588. The van der Waals surface area contributed by atoms with E-state index in [1.54, 1.807) is 18.0 Å². The Kier molecular flexibility index (Phi) is 4.67. The Bertz CT molecular complexity index is 582. The summed E-state index contributed by atoms with van der Waals surface area (Å²) >= 11 is 0. The molecule has 0 spiro atoms. The van der Waals surface area contributed by atoms with Gasteiger partial charge >= 0.3 is 0 Å². The quantitative estimate of drug-likeness (QED) is 0.768. The fourth-order valence-electron chi connectivity index (χ4n) is 1.77. The molecular formula is C13H17N5O2. The van der Waals surface area contributed by atoms with Gasteiger partial charge in [-0.15, -0.1) is 5.10 Å². The summed E-state index contributed by atoms with van der Waals surface area (Å²) in [5, 5.41) is 10.7. The number of benzene rings is 1. The summed E-state index contributed by atoms with van der Waals surface area (Å²) < 4.78 is 6.98. The van der Waals surface area contributed by atoms with Gasteiger partial charge in [-0.3, -0.25) is 4.79 Å². The zero-order valence-corrected chi connectivity index (χ0v) is 11.2. The van der Waals surface area contributed by atoms with Crippen molar-refractivity contribution >= 4 is 5.91 Å². The Balaban J connectivity index is 2.00. The number of methoxy groups -OCH3 is 1. The number of nitrogens with zero attached hydrogens (tertiary/aromatic N) is 3. The van der Waals surface area contributed by atoms with E-state index < -0.39 is 0 Å². The molecule has 0 radical (unpaired) electrons. The van der Waals surface area contributed by atoms with Gasteiger partial charge < -0.3 is 15.8 Å². The fourth-order valence-corrected chi connectivity index (χ4v) is 1.77. The molecule has 0 saturated carbocycles. The van der Waals surface area contributed by atoms with Gasteiger partial charge in [-0.25, -0.2) is 4.68 Å². The largest absolute Gasteiger partial charge is 0.496 e. The van der Waals surface area contributed by atoms with E-state index in [0.29, 0.717) is 18.8 Å². The minimum atomic E-state index is -0.218. The van der Waals surface area contributed by atoms with E-state index in [4.69, 9.17) is 10.5 Å². The number of para-hydroxylation sites is 1. The van der Waals surface area contributed by atoms with E-state index in [1.807, 2.05) is 24.3 Å². The molecular weight excluding hydrogens is 258 g/mol. The standard InChI is InChI=1S/C13H17N5O2/c1-20-12-5-3-2-4-10(12)8-18-9-11(16-17-18)7-15-13(19)6-14/h2-5,9H,6-8,14H2,1H3,(H,15,19). The molecule has 0 fully saturated rings. The lowest BCUT2D eigenvalue weighted by molar-refractivity contribution is -0.119. The maximum atomic E-state index is 11.1. The van der Waals surface area contributed by atoms with E-state index >= 15 is 0 Å². The van der Waals surface area contributed by atoms with Crippen LogP contribution in [0, 0.1) is 0 Å². The summed E-state index contributed by atoms with van der Waals surface area (Å²) in [4.78, 5) is 11.1. The molecule has 1 aromatic heterocycles. The Hall–Kier alpha value is -2.41. The molecule has 7 heteroatoms. The van der Waals surface area contributed by atoms with E-state index in [2.05, 4.69) is 15.6 Å². The lowest BCUT2D eigenvalue weighted by atomic mass is 10.2. The van der Waals surface area contributed by atoms with Crippen molar-refractivity contribution in [3.8, 4) is 5.75 Å². The van der Waals surface area contributed by atoms with Crippen molar-refractivity contribution in [2.45, 2.75) is 13.1 Å². The van der Waals surface area contributed by atoms with Crippen LogP contribution in [0.15, 0.2) is 30.5 Å². The molecule has 2 rings (SSSR count). The van der Waals surface area contributed by atoms with Gasteiger partial charge in [0, 0.05) is 5.56 Å². The molecule has 0 unspecified atom stereocenters. The third-order valence-corrected chi connectivity index (χ3v) is 2.76. The van der Waals surface area contributed by atoms with Crippen molar-refractivity contribution in [1.82, 2.24) is 20.3 Å². The maximum Gasteiger partial charge on any atom is 0.234 e. The molecule has 3 N–H and O–H groups in total. The van der Waals surface area contributed by atoms with Crippen molar-refractivity contribution in [1.29, 1.82) is 0 Å². The summed E-state index contributed by atoms with van der Waals surface area (Å²) in [5.41, 5.74) is 6.90. The van der Waals surface area contributed by atoms with Crippen LogP contribution in [0.1, 0.15) is 11.3 Å². The Morgan fingerprint density at radius 3 is 3.00 bits per heavy atom. The number of amides is 1. The molecule has 7 nitrogen and oxygen atoms in total. The second kappa shape index (κ2) is 6.67. The predicted molar refractivity (Wildman–Crippen MR) is 73.0 cm³/mol. The van der Waals surface area contributed by atoms with Crippen molar-refractivity contribution in [3.05, 3.63) is 41.7 Å². The van der Waals surface area contributed by atoms with Gasteiger partial charge in [-0.05, 0) is 6.07 Å². The molecule has 1 heterocycles. The van der Waals surface area contributed by atoms with E-state index in [-0.39, 0.29) is 12.5 Å². The second-order valence-corrected chi connectivity index (χ2v) is 4.20.